The molecular weight excluding hydrogens is 446 g/mol. The number of amidine groups is 1. The zero-order chi connectivity index (χ0) is 18.1. The maximum atomic E-state index is 12.5. The first-order chi connectivity index (χ1) is 12.6. The molecule has 0 radical (unpaired) electrons. The van der Waals surface area contributed by atoms with Crippen molar-refractivity contribution in [3.8, 4) is 0 Å². The number of halogens is 2. The molecule has 0 bridgehead atoms. The largest absolute Gasteiger partial charge is 0.327 e. The lowest BCUT2D eigenvalue weighted by Crippen LogP contribution is -2.51. The first kappa shape index (κ1) is 21.0. The third kappa shape index (κ3) is 4.83. The topological polar surface area (TPSA) is 35.9 Å². The van der Waals surface area contributed by atoms with Gasteiger partial charge in [-0.25, -0.2) is 0 Å². The van der Waals surface area contributed by atoms with E-state index in [2.05, 4.69) is 20.8 Å². The van der Waals surface area contributed by atoms with Crippen molar-refractivity contribution in [2.24, 2.45) is 4.99 Å². The molecule has 4 rings (SSSR count). The normalized spacial score (nSPS) is 24.7. The summed E-state index contributed by atoms with van der Waals surface area (Å²) in [5.74, 6) is 1.00. The van der Waals surface area contributed by atoms with Crippen molar-refractivity contribution < 1.29 is 4.79 Å². The van der Waals surface area contributed by atoms with Crippen LogP contribution in [-0.4, -0.2) is 40.0 Å². The van der Waals surface area contributed by atoms with E-state index in [1.165, 1.54) is 50.1 Å². The van der Waals surface area contributed by atoms with Crippen LogP contribution in [0.25, 0.3) is 0 Å². The number of hydrogen-bond acceptors (Lipinski definition) is 3. The Bertz CT molecular complexity index is 689. The number of carbonyl (C=O) groups excluding carboxylic acids is 1. The fourth-order valence-electron chi connectivity index (χ4n) is 4.02. The SMILES string of the molecule is CC(=O)N(c1ccc(Br)cc1)C1CSC(=NC2CCCCC2)N1C1CC1.Cl. The van der Waals surface area contributed by atoms with Gasteiger partial charge in [-0.3, -0.25) is 14.7 Å². The van der Waals surface area contributed by atoms with Crippen molar-refractivity contribution in [2.45, 2.75) is 70.1 Å². The highest BCUT2D eigenvalue weighted by Crippen LogP contribution is 2.40. The standard InChI is InChI=1S/C20H26BrN3OS.ClH/c1-14(25)23(17-9-7-15(21)8-10-17)19-13-26-20(24(19)18-11-12-18)22-16-5-3-2-4-6-16;/h7-10,16,18-19H,2-6,11-13H2,1H3;1H. The van der Waals surface area contributed by atoms with Crippen LogP contribution < -0.4 is 4.90 Å². The van der Waals surface area contributed by atoms with Gasteiger partial charge in [-0.1, -0.05) is 47.0 Å². The van der Waals surface area contributed by atoms with Gasteiger partial charge in [0.25, 0.3) is 0 Å². The smallest absolute Gasteiger partial charge is 0.225 e. The number of nitrogens with zero attached hydrogens (tertiary/aromatic N) is 3. The predicted molar refractivity (Wildman–Crippen MR) is 120 cm³/mol. The van der Waals surface area contributed by atoms with Gasteiger partial charge in [0.1, 0.15) is 6.17 Å². The van der Waals surface area contributed by atoms with E-state index in [1.54, 1.807) is 6.92 Å². The average Bonchev–Trinajstić information content (AvgIpc) is 3.40. The molecule has 0 aromatic heterocycles. The average molecular weight is 473 g/mol. The number of hydrogen-bond donors (Lipinski definition) is 0. The zero-order valence-electron chi connectivity index (χ0n) is 15.6. The summed E-state index contributed by atoms with van der Waals surface area (Å²) in [6.45, 7) is 1.67. The number of aliphatic imine (C=N–C) groups is 1. The van der Waals surface area contributed by atoms with Crippen molar-refractivity contribution in [3.05, 3.63) is 28.7 Å². The Morgan fingerprint density at radius 1 is 1.15 bits per heavy atom. The second kappa shape index (κ2) is 9.19. The highest BCUT2D eigenvalue weighted by molar-refractivity contribution is 9.10. The molecule has 4 nitrogen and oxygen atoms in total. The maximum Gasteiger partial charge on any atom is 0.225 e. The zero-order valence-corrected chi connectivity index (χ0v) is 18.9. The number of anilines is 1. The van der Waals surface area contributed by atoms with E-state index < -0.39 is 0 Å². The lowest BCUT2D eigenvalue weighted by molar-refractivity contribution is -0.117. The summed E-state index contributed by atoms with van der Waals surface area (Å²) < 4.78 is 1.03. The van der Waals surface area contributed by atoms with Crippen LogP contribution in [0.5, 0.6) is 0 Å². The molecule has 1 aromatic rings. The summed E-state index contributed by atoms with van der Waals surface area (Å²) in [6, 6.07) is 9.09. The van der Waals surface area contributed by atoms with E-state index in [0.717, 1.165) is 15.9 Å². The summed E-state index contributed by atoms with van der Waals surface area (Å²) in [5, 5.41) is 1.17. The van der Waals surface area contributed by atoms with Crippen LogP contribution in [0.15, 0.2) is 33.7 Å². The van der Waals surface area contributed by atoms with Crippen LogP contribution in [0.1, 0.15) is 51.9 Å². The van der Waals surface area contributed by atoms with Gasteiger partial charge in [0, 0.05) is 28.9 Å². The molecule has 1 saturated heterocycles. The lowest BCUT2D eigenvalue weighted by atomic mass is 9.96. The second-order valence-electron chi connectivity index (χ2n) is 7.50. The first-order valence-corrected chi connectivity index (χ1v) is 11.5. The monoisotopic (exact) mass is 471 g/mol. The van der Waals surface area contributed by atoms with Gasteiger partial charge in [-0.2, -0.15) is 0 Å². The Kier molecular flexibility index (Phi) is 7.14. The number of rotatable bonds is 4. The van der Waals surface area contributed by atoms with E-state index in [-0.39, 0.29) is 24.5 Å². The van der Waals surface area contributed by atoms with Gasteiger partial charge in [0.2, 0.25) is 5.91 Å². The Morgan fingerprint density at radius 3 is 2.41 bits per heavy atom. The number of benzene rings is 1. The van der Waals surface area contributed by atoms with Crippen LogP contribution >= 0.6 is 40.1 Å². The van der Waals surface area contributed by atoms with Crippen molar-refractivity contribution in [1.82, 2.24) is 4.90 Å². The summed E-state index contributed by atoms with van der Waals surface area (Å²) in [7, 11) is 0. The molecule has 0 spiro atoms. The van der Waals surface area contributed by atoms with E-state index in [0.29, 0.717) is 12.1 Å². The van der Waals surface area contributed by atoms with Gasteiger partial charge in [0.05, 0.1) is 6.04 Å². The second-order valence-corrected chi connectivity index (χ2v) is 9.40. The molecule has 1 atom stereocenters. The molecule has 27 heavy (non-hydrogen) atoms. The Labute approximate surface area is 180 Å². The molecule has 2 saturated carbocycles. The fourth-order valence-corrected chi connectivity index (χ4v) is 5.53. The number of thioether (sulfide) groups is 1. The minimum atomic E-state index is 0. The third-order valence-corrected chi connectivity index (χ3v) is 7.02. The fraction of sp³-hybridized carbons (Fsp3) is 0.600. The van der Waals surface area contributed by atoms with Crippen molar-refractivity contribution in [2.75, 3.05) is 10.7 Å². The summed E-state index contributed by atoms with van der Waals surface area (Å²) >= 11 is 5.32. The van der Waals surface area contributed by atoms with Crippen LogP contribution in [0.2, 0.25) is 0 Å². The Morgan fingerprint density at radius 2 is 1.81 bits per heavy atom. The van der Waals surface area contributed by atoms with Crippen LogP contribution in [0.4, 0.5) is 5.69 Å². The van der Waals surface area contributed by atoms with Gasteiger partial charge in [-0.15, -0.1) is 12.4 Å². The van der Waals surface area contributed by atoms with Crippen LogP contribution in [-0.2, 0) is 4.79 Å². The van der Waals surface area contributed by atoms with E-state index in [9.17, 15) is 4.79 Å². The quantitative estimate of drug-likeness (QED) is 0.584. The van der Waals surface area contributed by atoms with E-state index in [1.807, 2.05) is 40.9 Å². The molecular formula is C20H27BrClN3OS. The molecule has 1 aromatic carbocycles. The van der Waals surface area contributed by atoms with Crippen molar-refractivity contribution >= 4 is 56.9 Å². The van der Waals surface area contributed by atoms with Gasteiger partial charge < -0.3 is 4.90 Å². The van der Waals surface area contributed by atoms with Crippen LogP contribution in [0.3, 0.4) is 0 Å². The van der Waals surface area contributed by atoms with Gasteiger partial charge in [0.15, 0.2) is 5.17 Å². The molecule has 3 fully saturated rings. The number of carbonyl (C=O) groups is 1. The van der Waals surface area contributed by atoms with Gasteiger partial charge >= 0.3 is 0 Å². The summed E-state index contributed by atoms with van der Waals surface area (Å²) in [4.78, 5) is 22.1. The highest BCUT2D eigenvalue weighted by atomic mass is 79.9. The minimum absolute atomic E-state index is 0. The van der Waals surface area contributed by atoms with E-state index >= 15 is 0 Å². The Balaban J connectivity index is 0.00000210. The molecule has 7 heteroatoms. The molecule has 1 heterocycles. The van der Waals surface area contributed by atoms with Crippen LogP contribution in [0, 0.1) is 0 Å². The van der Waals surface area contributed by atoms with Crippen molar-refractivity contribution in [3.63, 3.8) is 0 Å². The summed E-state index contributed by atoms with van der Waals surface area (Å²) in [6.07, 6.45) is 8.90. The molecule has 0 N–H and O–H groups in total. The summed E-state index contributed by atoms with van der Waals surface area (Å²) in [5.41, 5.74) is 0.968. The minimum Gasteiger partial charge on any atom is -0.327 e. The first-order valence-electron chi connectivity index (χ1n) is 9.68. The maximum absolute atomic E-state index is 12.5. The predicted octanol–water partition coefficient (Wildman–Crippen LogP) is 5.45. The molecule has 1 unspecified atom stereocenters. The molecule has 2 aliphatic carbocycles. The van der Waals surface area contributed by atoms with Crippen molar-refractivity contribution in [1.29, 1.82) is 0 Å². The molecule has 1 aliphatic heterocycles. The Hall–Kier alpha value is -0.720. The molecule has 148 valence electrons. The molecule has 3 aliphatic rings. The number of amides is 1. The van der Waals surface area contributed by atoms with Gasteiger partial charge in [-0.05, 0) is 49.9 Å². The highest BCUT2D eigenvalue weighted by Gasteiger charge is 2.44. The lowest BCUT2D eigenvalue weighted by Gasteiger charge is -2.35. The molecule has 1 amide bonds. The van der Waals surface area contributed by atoms with E-state index in [4.69, 9.17) is 4.99 Å². The third-order valence-electron chi connectivity index (χ3n) is 5.45.